The lowest BCUT2D eigenvalue weighted by Crippen LogP contribution is -2.29. The minimum atomic E-state index is -0.0609. The number of nitrogens with zero attached hydrogens (tertiary/aromatic N) is 4. The molecule has 1 aromatic heterocycles. The van der Waals surface area contributed by atoms with Crippen LogP contribution < -0.4 is 15.5 Å². The van der Waals surface area contributed by atoms with Gasteiger partial charge in [-0.15, -0.1) is 0 Å². The zero-order valence-electron chi connectivity index (χ0n) is 11.6. The smallest absolute Gasteiger partial charge is 0.231 e. The molecule has 1 fully saturated rings. The molecule has 2 heterocycles. The number of nitrogens with one attached hydrogen (secondary N) is 2. The minimum Gasteiger partial charge on any atom is -0.357 e. The quantitative estimate of drug-likeness (QED) is 0.851. The van der Waals surface area contributed by atoms with E-state index in [0.717, 1.165) is 19.0 Å². The zero-order chi connectivity index (χ0) is 13.2. The van der Waals surface area contributed by atoms with Crippen LogP contribution in [0.15, 0.2) is 0 Å². The molecule has 0 aromatic carbocycles. The third-order valence-corrected chi connectivity index (χ3v) is 2.72. The Morgan fingerprint density at radius 1 is 1.00 bits per heavy atom. The summed E-state index contributed by atoms with van der Waals surface area (Å²) in [6.45, 7) is 8.33. The van der Waals surface area contributed by atoms with Crippen molar-refractivity contribution in [2.75, 3.05) is 35.7 Å². The molecule has 18 heavy (non-hydrogen) atoms. The minimum absolute atomic E-state index is 0.0609. The van der Waals surface area contributed by atoms with Crippen molar-refractivity contribution in [3.8, 4) is 0 Å². The first-order valence-corrected chi connectivity index (χ1v) is 6.45. The Balaban J connectivity index is 2.26. The van der Waals surface area contributed by atoms with Gasteiger partial charge in [0.25, 0.3) is 0 Å². The highest BCUT2D eigenvalue weighted by Crippen LogP contribution is 2.19. The molecule has 0 unspecified atom stereocenters. The van der Waals surface area contributed by atoms with Crippen molar-refractivity contribution in [3.05, 3.63) is 0 Å². The van der Waals surface area contributed by atoms with Crippen molar-refractivity contribution in [1.82, 2.24) is 15.0 Å². The van der Waals surface area contributed by atoms with Crippen molar-refractivity contribution in [2.45, 2.75) is 39.2 Å². The lowest BCUT2D eigenvalue weighted by Gasteiger charge is -2.22. The van der Waals surface area contributed by atoms with E-state index in [0.29, 0.717) is 11.9 Å². The van der Waals surface area contributed by atoms with E-state index in [4.69, 9.17) is 0 Å². The standard InChI is InChI=1S/C12H22N6/c1-12(2,3)17-10-14-9(13-4)15-11(16-10)18-7-5-6-8-18/h5-8H2,1-4H3,(H2,13,14,15,16,17). The molecule has 0 amide bonds. The molecule has 0 bridgehead atoms. The third-order valence-electron chi connectivity index (χ3n) is 2.72. The van der Waals surface area contributed by atoms with Gasteiger partial charge in [-0.3, -0.25) is 0 Å². The molecule has 1 aliphatic heterocycles. The molecule has 0 saturated carbocycles. The van der Waals surface area contributed by atoms with E-state index in [1.54, 1.807) is 0 Å². The lowest BCUT2D eigenvalue weighted by molar-refractivity contribution is 0.625. The Morgan fingerprint density at radius 2 is 1.61 bits per heavy atom. The van der Waals surface area contributed by atoms with Crippen molar-refractivity contribution in [2.24, 2.45) is 0 Å². The first-order valence-electron chi connectivity index (χ1n) is 6.45. The maximum Gasteiger partial charge on any atom is 0.231 e. The summed E-state index contributed by atoms with van der Waals surface area (Å²) in [6.07, 6.45) is 2.42. The number of hydrogen-bond donors (Lipinski definition) is 2. The largest absolute Gasteiger partial charge is 0.357 e. The number of rotatable bonds is 3. The molecule has 0 atom stereocenters. The topological polar surface area (TPSA) is 66.0 Å². The zero-order valence-corrected chi connectivity index (χ0v) is 11.6. The van der Waals surface area contributed by atoms with Gasteiger partial charge in [0.2, 0.25) is 17.8 Å². The molecule has 1 aromatic rings. The van der Waals surface area contributed by atoms with Crippen LogP contribution in [0.2, 0.25) is 0 Å². The predicted molar refractivity (Wildman–Crippen MR) is 74.2 cm³/mol. The molecule has 100 valence electrons. The lowest BCUT2D eigenvalue weighted by atomic mass is 10.1. The average Bonchev–Trinajstić information content (AvgIpc) is 2.79. The third kappa shape index (κ3) is 3.21. The molecule has 1 aliphatic rings. The summed E-state index contributed by atoms with van der Waals surface area (Å²) < 4.78 is 0. The molecule has 0 aliphatic carbocycles. The van der Waals surface area contributed by atoms with Crippen LogP contribution in [0.3, 0.4) is 0 Å². The maximum atomic E-state index is 4.50. The van der Waals surface area contributed by atoms with Gasteiger partial charge in [-0.1, -0.05) is 0 Å². The van der Waals surface area contributed by atoms with Crippen molar-refractivity contribution in [3.63, 3.8) is 0 Å². The van der Waals surface area contributed by atoms with Crippen molar-refractivity contribution < 1.29 is 0 Å². The molecule has 6 heteroatoms. The summed E-state index contributed by atoms with van der Waals surface area (Å²) in [5.41, 5.74) is -0.0609. The van der Waals surface area contributed by atoms with Gasteiger partial charge in [-0.05, 0) is 33.6 Å². The monoisotopic (exact) mass is 250 g/mol. The molecule has 2 rings (SSSR count). The predicted octanol–water partition coefficient (Wildman–Crippen LogP) is 1.72. The van der Waals surface area contributed by atoms with E-state index in [9.17, 15) is 0 Å². The number of aromatic nitrogens is 3. The summed E-state index contributed by atoms with van der Waals surface area (Å²) in [5, 5.41) is 6.28. The van der Waals surface area contributed by atoms with Crippen molar-refractivity contribution in [1.29, 1.82) is 0 Å². The Hall–Kier alpha value is -1.59. The summed E-state index contributed by atoms with van der Waals surface area (Å²) in [4.78, 5) is 15.5. The summed E-state index contributed by atoms with van der Waals surface area (Å²) in [6, 6.07) is 0. The fourth-order valence-electron chi connectivity index (χ4n) is 1.93. The highest BCUT2D eigenvalue weighted by atomic mass is 15.3. The Bertz CT molecular complexity index is 406. The molecule has 0 spiro atoms. The first-order chi connectivity index (χ1) is 8.48. The average molecular weight is 250 g/mol. The van der Waals surface area contributed by atoms with Crippen LogP contribution in [0.1, 0.15) is 33.6 Å². The fourth-order valence-corrected chi connectivity index (χ4v) is 1.93. The maximum absolute atomic E-state index is 4.50. The van der Waals surface area contributed by atoms with Gasteiger partial charge < -0.3 is 15.5 Å². The van der Waals surface area contributed by atoms with Gasteiger partial charge in [-0.2, -0.15) is 15.0 Å². The molecule has 0 radical (unpaired) electrons. The second-order valence-electron chi connectivity index (χ2n) is 5.60. The molecule has 1 saturated heterocycles. The van der Waals surface area contributed by atoms with E-state index < -0.39 is 0 Å². The second kappa shape index (κ2) is 4.96. The van der Waals surface area contributed by atoms with Crippen LogP contribution in [0.5, 0.6) is 0 Å². The van der Waals surface area contributed by atoms with E-state index in [-0.39, 0.29) is 5.54 Å². The van der Waals surface area contributed by atoms with E-state index >= 15 is 0 Å². The normalized spacial score (nSPS) is 15.9. The van der Waals surface area contributed by atoms with Crippen LogP contribution >= 0.6 is 0 Å². The van der Waals surface area contributed by atoms with Gasteiger partial charge in [0, 0.05) is 25.7 Å². The Morgan fingerprint density at radius 3 is 2.17 bits per heavy atom. The van der Waals surface area contributed by atoms with Crippen LogP contribution in [0.4, 0.5) is 17.8 Å². The van der Waals surface area contributed by atoms with Gasteiger partial charge >= 0.3 is 0 Å². The van der Waals surface area contributed by atoms with Gasteiger partial charge in [0.1, 0.15) is 0 Å². The van der Waals surface area contributed by atoms with E-state index in [2.05, 4.69) is 51.3 Å². The highest BCUT2D eigenvalue weighted by molar-refractivity contribution is 5.44. The van der Waals surface area contributed by atoms with Crippen LogP contribution in [0.25, 0.3) is 0 Å². The Labute approximate surface area is 108 Å². The van der Waals surface area contributed by atoms with Crippen LogP contribution in [-0.4, -0.2) is 40.6 Å². The second-order valence-corrected chi connectivity index (χ2v) is 5.60. The van der Waals surface area contributed by atoms with Gasteiger partial charge in [0.15, 0.2) is 0 Å². The number of anilines is 3. The highest BCUT2D eigenvalue weighted by Gasteiger charge is 2.19. The van der Waals surface area contributed by atoms with Crippen molar-refractivity contribution >= 4 is 17.8 Å². The van der Waals surface area contributed by atoms with Crippen LogP contribution in [0, 0.1) is 0 Å². The Kier molecular flexibility index (Phi) is 3.54. The van der Waals surface area contributed by atoms with E-state index in [1.165, 1.54) is 12.8 Å². The summed E-state index contributed by atoms with van der Waals surface area (Å²) in [5.74, 6) is 2.00. The first kappa shape index (κ1) is 12.9. The molecule has 2 N–H and O–H groups in total. The fraction of sp³-hybridized carbons (Fsp3) is 0.750. The van der Waals surface area contributed by atoms with Gasteiger partial charge in [0.05, 0.1) is 0 Å². The molecular weight excluding hydrogens is 228 g/mol. The SMILES string of the molecule is CNc1nc(NC(C)(C)C)nc(N2CCCC2)n1. The number of hydrogen-bond acceptors (Lipinski definition) is 6. The van der Waals surface area contributed by atoms with Crippen LogP contribution in [-0.2, 0) is 0 Å². The molecular formula is C12H22N6. The summed E-state index contributed by atoms with van der Waals surface area (Å²) >= 11 is 0. The summed E-state index contributed by atoms with van der Waals surface area (Å²) in [7, 11) is 1.82. The molecule has 6 nitrogen and oxygen atoms in total. The van der Waals surface area contributed by atoms with E-state index in [1.807, 2.05) is 7.05 Å². The van der Waals surface area contributed by atoms with Gasteiger partial charge in [-0.25, -0.2) is 0 Å².